The molecule has 0 aliphatic rings. The van der Waals surface area contributed by atoms with Gasteiger partial charge in [-0.15, -0.1) is 0 Å². The standard InChI is InChI=1S/C16H17NO2/c1-12(13-8-10-14(18-2)11-9-13)17-15-6-4-5-7-16(15)19-3/h4-11H,1-3H3/b17-12-. The lowest BCUT2D eigenvalue weighted by molar-refractivity contribution is 0.415. The summed E-state index contributed by atoms with van der Waals surface area (Å²) in [5.74, 6) is 1.62. The average Bonchev–Trinajstić information content (AvgIpc) is 2.48. The zero-order valence-corrected chi connectivity index (χ0v) is 11.4. The molecular weight excluding hydrogens is 238 g/mol. The molecule has 0 N–H and O–H groups in total. The van der Waals surface area contributed by atoms with Crippen molar-refractivity contribution >= 4 is 11.4 Å². The van der Waals surface area contributed by atoms with E-state index in [0.29, 0.717) is 0 Å². The first-order valence-corrected chi connectivity index (χ1v) is 6.07. The normalized spacial score (nSPS) is 11.2. The monoisotopic (exact) mass is 255 g/mol. The van der Waals surface area contributed by atoms with Crippen molar-refractivity contribution < 1.29 is 9.47 Å². The second-order valence-corrected chi connectivity index (χ2v) is 4.10. The van der Waals surface area contributed by atoms with Crippen LogP contribution >= 0.6 is 0 Å². The molecule has 0 aliphatic carbocycles. The van der Waals surface area contributed by atoms with Crippen LogP contribution in [-0.2, 0) is 0 Å². The van der Waals surface area contributed by atoms with Crippen molar-refractivity contribution in [3.05, 3.63) is 54.1 Å². The molecule has 0 amide bonds. The van der Waals surface area contributed by atoms with Gasteiger partial charge in [-0.05, 0) is 48.9 Å². The average molecular weight is 255 g/mol. The second-order valence-electron chi connectivity index (χ2n) is 4.10. The van der Waals surface area contributed by atoms with Crippen LogP contribution in [0.2, 0.25) is 0 Å². The summed E-state index contributed by atoms with van der Waals surface area (Å²) in [5, 5.41) is 0. The van der Waals surface area contributed by atoms with Gasteiger partial charge in [0.15, 0.2) is 0 Å². The Labute approximate surface area is 113 Å². The maximum absolute atomic E-state index is 5.29. The fourth-order valence-electron chi connectivity index (χ4n) is 1.80. The van der Waals surface area contributed by atoms with Gasteiger partial charge in [-0.3, -0.25) is 0 Å². The molecule has 0 unspecified atom stereocenters. The Bertz CT molecular complexity index is 574. The third-order valence-corrected chi connectivity index (χ3v) is 2.88. The van der Waals surface area contributed by atoms with Crippen LogP contribution in [0.25, 0.3) is 0 Å². The maximum atomic E-state index is 5.29. The minimum atomic E-state index is 0.773. The largest absolute Gasteiger partial charge is 0.497 e. The molecule has 0 heterocycles. The SMILES string of the molecule is COc1ccc(/C(C)=N\c2ccccc2OC)cc1. The minimum absolute atomic E-state index is 0.773. The van der Waals surface area contributed by atoms with Crippen LogP contribution in [0.15, 0.2) is 53.5 Å². The van der Waals surface area contributed by atoms with Gasteiger partial charge in [-0.2, -0.15) is 0 Å². The van der Waals surface area contributed by atoms with Crippen molar-refractivity contribution in [3.8, 4) is 11.5 Å². The quantitative estimate of drug-likeness (QED) is 0.777. The molecule has 0 radical (unpaired) electrons. The van der Waals surface area contributed by atoms with E-state index in [1.54, 1.807) is 14.2 Å². The van der Waals surface area contributed by atoms with Gasteiger partial charge in [0.1, 0.15) is 17.2 Å². The van der Waals surface area contributed by atoms with E-state index in [1.165, 1.54) is 0 Å². The molecule has 2 rings (SSSR count). The number of aliphatic imine (C=N–C) groups is 1. The zero-order chi connectivity index (χ0) is 13.7. The lowest BCUT2D eigenvalue weighted by Crippen LogP contribution is -1.94. The number of hydrogen-bond donors (Lipinski definition) is 0. The molecule has 3 heteroatoms. The summed E-state index contributed by atoms with van der Waals surface area (Å²) < 4.78 is 10.4. The Morgan fingerprint density at radius 1 is 0.895 bits per heavy atom. The highest BCUT2D eigenvalue weighted by Crippen LogP contribution is 2.27. The number of para-hydroxylation sites is 2. The number of nitrogens with zero attached hydrogens (tertiary/aromatic N) is 1. The molecule has 0 fully saturated rings. The molecule has 0 atom stereocenters. The molecule has 0 bridgehead atoms. The Hall–Kier alpha value is -2.29. The highest BCUT2D eigenvalue weighted by Gasteiger charge is 2.02. The van der Waals surface area contributed by atoms with Crippen molar-refractivity contribution in [2.75, 3.05) is 14.2 Å². The van der Waals surface area contributed by atoms with Gasteiger partial charge in [0, 0.05) is 5.71 Å². The van der Waals surface area contributed by atoms with Crippen LogP contribution in [0.4, 0.5) is 5.69 Å². The Morgan fingerprint density at radius 3 is 2.21 bits per heavy atom. The van der Waals surface area contributed by atoms with Crippen molar-refractivity contribution in [3.63, 3.8) is 0 Å². The van der Waals surface area contributed by atoms with Gasteiger partial charge in [-0.25, -0.2) is 4.99 Å². The Balaban J connectivity index is 2.31. The highest BCUT2D eigenvalue weighted by molar-refractivity contribution is 6.00. The Morgan fingerprint density at radius 2 is 1.58 bits per heavy atom. The van der Waals surface area contributed by atoms with Crippen LogP contribution in [0.5, 0.6) is 11.5 Å². The summed E-state index contributed by atoms with van der Waals surface area (Å²) in [7, 11) is 3.31. The van der Waals surface area contributed by atoms with Gasteiger partial charge < -0.3 is 9.47 Å². The lowest BCUT2D eigenvalue weighted by atomic mass is 10.1. The van der Waals surface area contributed by atoms with Crippen molar-refractivity contribution in [2.45, 2.75) is 6.92 Å². The molecular formula is C16H17NO2. The van der Waals surface area contributed by atoms with Crippen LogP contribution < -0.4 is 9.47 Å². The summed E-state index contributed by atoms with van der Waals surface area (Å²) in [6, 6.07) is 15.6. The highest BCUT2D eigenvalue weighted by atomic mass is 16.5. The van der Waals surface area contributed by atoms with E-state index < -0.39 is 0 Å². The van der Waals surface area contributed by atoms with Crippen molar-refractivity contribution in [2.24, 2.45) is 4.99 Å². The molecule has 0 spiro atoms. The van der Waals surface area contributed by atoms with Crippen LogP contribution in [0.1, 0.15) is 12.5 Å². The minimum Gasteiger partial charge on any atom is -0.497 e. The maximum Gasteiger partial charge on any atom is 0.144 e. The first kappa shape index (κ1) is 13.1. The molecule has 0 aliphatic heterocycles. The summed E-state index contributed by atoms with van der Waals surface area (Å²) >= 11 is 0. The molecule has 98 valence electrons. The van der Waals surface area contributed by atoms with E-state index in [1.807, 2.05) is 55.5 Å². The fourth-order valence-corrected chi connectivity index (χ4v) is 1.80. The van der Waals surface area contributed by atoms with E-state index in [9.17, 15) is 0 Å². The number of benzene rings is 2. The van der Waals surface area contributed by atoms with Crippen molar-refractivity contribution in [1.82, 2.24) is 0 Å². The molecule has 2 aromatic rings. The smallest absolute Gasteiger partial charge is 0.144 e. The molecule has 0 saturated carbocycles. The van der Waals surface area contributed by atoms with Crippen molar-refractivity contribution in [1.29, 1.82) is 0 Å². The van der Waals surface area contributed by atoms with Crippen LogP contribution in [0, 0.1) is 0 Å². The molecule has 19 heavy (non-hydrogen) atoms. The summed E-state index contributed by atoms with van der Waals surface area (Å²) in [5.41, 5.74) is 2.83. The lowest BCUT2D eigenvalue weighted by Gasteiger charge is -2.06. The van der Waals surface area contributed by atoms with E-state index in [4.69, 9.17) is 9.47 Å². The predicted octanol–water partition coefficient (Wildman–Crippen LogP) is 3.84. The third kappa shape index (κ3) is 3.13. The Kier molecular flexibility index (Phi) is 4.18. The van der Waals surface area contributed by atoms with E-state index >= 15 is 0 Å². The van der Waals surface area contributed by atoms with Crippen LogP contribution in [0.3, 0.4) is 0 Å². The molecule has 0 saturated heterocycles. The van der Waals surface area contributed by atoms with Crippen LogP contribution in [-0.4, -0.2) is 19.9 Å². The third-order valence-electron chi connectivity index (χ3n) is 2.88. The number of hydrogen-bond acceptors (Lipinski definition) is 3. The number of ether oxygens (including phenoxy) is 2. The molecule has 3 nitrogen and oxygen atoms in total. The van der Waals surface area contributed by atoms with Gasteiger partial charge in [0.2, 0.25) is 0 Å². The van der Waals surface area contributed by atoms with E-state index in [-0.39, 0.29) is 0 Å². The summed E-state index contributed by atoms with van der Waals surface area (Å²) in [6.07, 6.45) is 0. The van der Waals surface area contributed by atoms with E-state index in [2.05, 4.69) is 4.99 Å². The van der Waals surface area contributed by atoms with E-state index in [0.717, 1.165) is 28.5 Å². The fraction of sp³-hybridized carbons (Fsp3) is 0.188. The first-order valence-electron chi connectivity index (χ1n) is 6.07. The predicted molar refractivity (Wildman–Crippen MR) is 77.9 cm³/mol. The van der Waals surface area contributed by atoms with Gasteiger partial charge in [-0.1, -0.05) is 12.1 Å². The van der Waals surface area contributed by atoms with Gasteiger partial charge >= 0.3 is 0 Å². The second kappa shape index (κ2) is 6.05. The van der Waals surface area contributed by atoms with Gasteiger partial charge in [0.05, 0.1) is 14.2 Å². The molecule has 0 aromatic heterocycles. The molecule has 2 aromatic carbocycles. The van der Waals surface area contributed by atoms with Gasteiger partial charge in [0.25, 0.3) is 0 Å². The topological polar surface area (TPSA) is 30.8 Å². The summed E-state index contributed by atoms with van der Waals surface area (Å²) in [6.45, 7) is 1.98. The summed E-state index contributed by atoms with van der Waals surface area (Å²) in [4.78, 5) is 4.61. The number of rotatable bonds is 4. The zero-order valence-electron chi connectivity index (χ0n) is 11.4. The number of methoxy groups -OCH3 is 2. The first-order chi connectivity index (χ1) is 9.24.